The van der Waals surface area contributed by atoms with E-state index < -0.39 is 5.97 Å². The number of esters is 1. The van der Waals surface area contributed by atoms with E-state index in [1.807, 2.05) is 25.1 Å². The number of benzene rings is 2. The van der Waals surface area contributed by atoms with Gasteiger partial charge in [-0.05, 0) is 48.9 Å². The Bertz CT molecular complexity index is 908. The Labute approximate surface area is 155 Å². The number of carbonyl (C=O) groups is 2. The molecule has 0 saturated carbocycles. The third kappa shape index (κ3) is 4.00. The summed E-state index contributed by atoms with van der Waals surface area (Å²) in [6, 6.07) is 10.6. The lowest BCUT2D eigenvalue weighted by molar-refractivity contribution is -0.131. The summed E-state index contributed by atoms with van der Waals surface area (Å²) in [5.41, 5.74) is 7.73. The average molecular weight is 370 g/mol. The quantitative estimate of drug-likeness (QED) is 0.369. The van der Waals surface area contributed by atoms with Crippen molar-refractivity contribution in [1.82, 2.24) is 0 Å². The van der Waals surface area contributed by atoms with Crippen molar-refractivity contribution in [3.63, 3.8) is 0 Å². The van der Waals surface area contributed by atoms with Crippen molar-refractivity contribution in [3.05, 3.63) is 46.9 Å². The lowest BCUT2D eigenvalue weighted by atomic mass is 10.1. The van der Waals surface area contributed by atoms with Crippen LogP contribution in [-0.2, 0) is 9.59 Å². The molecule has 0 unspecified atom stereocenters. The smallest absolute Gasteiger partial charge is 0.308 e. The third-order valence-electron chi connectivity index (χ3n) is 3.54. The summed E-state index contributed by atoms with van der Waals surface area (Å²) in [5.74, 6) is 0.428. The molecule has 1 heterocycles. The number of rotatable bonds is 4. The number of nitrogen functional groups attached to an aromatic ring is 1. The zero-order valence-electron chi connectivity index (χ0n) is 14.4. The van der Waals surface area contributed by atoms with E-state index in [2.05, 4.69) is 5.32 Å². The molecular weight excluding hydrogens is 352 g/mol. The van der Waals surface area contributed by atoms with Gasteiger partial charge in [0.2, 0.25) is 0 Å². The lowest BCUT2D eigenvalue weighted by Crippen LogP contribution is -2.17. The van der Waals surface area contributed by atoms with E-state index >= 15 is 0 Å². The Morgan fingerprint density at radius 3 is 2.77 bits per heavy atom. The molecule has 0 aromatic heterocycles. The van der Waals surface area contributed by atoms with Gasteiger partial charge in [-0.1, -0.05) is 17.8 Å². The van der Waals surface area contributed by atoms with E-state index in [0.717, 1.165) is 21.9 Å². The van der Waals surface area contributed by atoms with E-state index in [9.17, 15) is 9.59 Å². The maximum Gasteiger partial charge on any atom is 0.308 e. The van der Waals surface area contributed by atoms with Gasteiger partial charge in [0.15, 0.2) is 5.75 Å². The molecule has 0 radical (unpaired) electrons. The number of thioether (sulfide) groups is 1. The Kier molecular flexibility index (Phi) is 5.18. The van der Waals surface area contributed by atoms with Crippen molar-refractivity contribution in [2.24, 2.45) is 0 Å². The molecule has 0 fully saturated rings. The number of hydrogen-bond acceptors (Lipinski definition) is 6. The van der Waals surface area contributed by atoms with Crippen molar-refractivity contribution in [1.29, 1.82) is 0 Å². The molecule has 3 N–H and O–H groups in total. The molecule has 7 heteroatoms. The van der Waals surface area contributed by atoms with Crippen LogP contribution in [0.15, 0.2) is 46.2 Å². The van der Waals surface area contributed by atoms with Crippen molar-refractivity contribution in [2.45, 2.75) is 18.7 Å². The summed E-state index contributed by atoms with van der Waals surface area (Å²) in [5, 5.41) is 2.87. The molecule has 0 aliphatic carbocycles. The van der Waals surface area contributed by atoms with E-state index in [0.29, 0.717) is 22.9 Å². The molecule has 0 bridgehead atoms. The molecule has 1 amide bonds. The minimum atomic E-state index is -0.438. The summed E-state index contributed by atoms with van der Waals surface area (Å²) in [6.45, 7) is 3.81. The van der Waals surface area contributed by atoms with Gasteiger partial charge < -0.3 is 20.5 Å². The molecule has 2 aromatic carbocycles. The fourth-order valence-electron chi connectivity index (χ4n) is 2.45. The highest BCUT2D eigenvalue weighted by Crippen LogP contribution is 2.41. The molecule has 1 aliphatic rings. The molecule has 6 nitrogen and oxygen atoms in total. The van der Waals surface area contributed by atoms with Gasteiger partial charge in [-0.15, -0.1) is 0 Å². The number of anilines is 2. The van der Waals surface area contributed by atoms with Gasteiger partial charge in [0.05, 0.1) is 22.9 Å². The molecule has 2 aromatic rings. The normalized spacial score (nSPS) is 14.5. The molecule has 134 valence electrons. The first-order valence-corrected chi connectivity index (χ1v) is 8.83. The van der Waals surface area contributed by atoms with E-state index in [1.54, 1.807) is 24.3 Å². The van der Waals surface area contributed by atoms with Crippen molar-refractivity contribution in [3.8, 4) is 11.5 Å². The van der Waals surface area contributed by atoms with Crippen LogP contribution in [0.1, 0.15) is 19.4 Å². The predicted octanol–water partition coefficient (Wildman–Crippen LogP) is 3.68. The van der Waals surface area contributed by atoms with E-state index in [4.69, 9.17) is 15.2 Å². The molecule has 3 rings (SSSR count). The van der Waals surface area contributed by atoms with Crippen LogP contribution in [-0.4, -0.2) is 18.5 Å². The fraction of sp³-hybridized carbons (Fsp3) is 0.158. The van der Waals surface area contributed by atoms with Crippen molar-refractivity contribution in [2.75, 3.05) is 17.7 Å². The predicted molar refractivity (Wildman–Crippen MR) is 102 cm³/mol. The van der Waals surface area contributed by atoms with Gasteiger partial charge in [-0.2, -0.15) is 0 Å². The van der Waals surface area contributed by atoms with Crippen LogP contribution >= 0.6 is 11.8 Å². The number of hydrogen-bond donors (Lipinski definition) is 2. The van der Waals surface area contributed by atoms with E-state index in [1.165, 1.54) is 18.7 Å². The maximum atomic E-state index is 12.3. The summed E-state index contributed by atoms with van der Waals surface area (Å²) in [4.78, 5) is 24.8. The van der Waals surface area contributed by atoms with Crippen LogP contribution in [0.5, 0.6) is 11.5 Å². The van der Waals surface area contributed by atoms with Crippen LogP contribution in [0.25, 0.3) is 6.08 Å². The second-order valence-corrected chi connectivity index (χ2v) is 6.63. The highest BCUT2D eigenvalue weighted by atomic mass is 32.2. The Morgan fingerprint density at radius 1 is 1.27 bits per heavy atom. The van der Waals surface area contributed by atoms with Crippen molar-refractivity contribution < 1.29 is 19.1 Å². The Balaban J connectivity index is 1.87. The maximum absolute atomic E-state index is 12.3. The second kappa shape index (κ2) is 7.53. The fourth-order valence-corrected chi connectivity index (χ4v) is 3.43. The first-order chi connectivity index (χ1) is 12.5. The zero-order chi connectivity index (χ0) is 18.7. The SMILES string of the molecule is CCOc1ccc2c(c1)S/C(=C\c1ccc(OC(C)=O)c(N)c1)C(=O)N2. The summed E-state index contributed by atoms with van der Waals surface area (Å²) >= 11 is 1.36. The number of carbonyl (C=O) groups excluding carboxylic acids is 2. The lowest BCUT2D eigenvalue weighted by Gasteiger charge is -2.19. The standard InChI is InChI=1S/C19H18N2O4S/c1-3-24-13-5-6-15-17(10-13)26-18(19(23)21-15)9-12-4-7-16(14(20)8-12)25-11(2)22/h4-10H,3,20H2,1-2H3,(H,21,23)/b18-9-. The van der Waals surface area contributed by atoms with Crippen LogP contribution in [0.2, 0.25) is 0 Å². The van der Waals surface area contributed by atoms with Gasteiger partial charge in [-0.25, -0.2) is 0 Å². The van der Waals surface area contributed by atoms with Crippen LogP contribution in [0.4, 0.5) is 11.4 Å². The summed E-state index contributed by atoms with van der Waals surface area (Å²) in [6.07, 6.45) is 1.74. The average Bonchev–Trinajstić information content (AvgIpc) is 2.58. The first kappa shape index (κ1) is 17.9. The number of nitrogens with two attached hydrogens (primary N) is 1. The Morgan fingerprint density at radius 2 is 2.08 bits per heavy atom. The second-order valence-electron chi connectivity index (χ2n) is 5.55. The Hall–Kier alpha value is -2.93. The van der Waals surface area contributed by atoms with Gasteiger partial charge in [0, 0.05) is 11.8 Å². The highest BCUT2D eigenvalue weighted by molar-refractivity contribution is 8.04. The zero-order valence-corrected chi connectivity index (χ0v) is 15.2. The molecular formula is C19H18N2O4S. The summed E-state index contributed by atoms with van der Waals surface area (Å²) < 4.78 is 10.5. The molecule has 26 heavy (non-hydrogen) atoms. The van der Waals surface area contributed by atoms with Crippen molar-refractivity contribution >= 4 is 41.1 Å². The topological polar surface area (TPSA) is 90.7 Å². The number of fused-ring (bicyclic) bond motifs is 1. The van der Waals surface area contributed by atoms with Gasteiger partial charge >= 0.3 is 5.97 Å². The molecule has 1 aliphatic heterocycles. The summed E-state index contributed by atoms with van der Waals surface area (Å²) in [7, 11) is 0. The largest absolute Gasteiger partial charge is 0.494 e. The van der Waals surface area contributed by atoms with Gasteiger partial charge in [0.1, 0.15) is 5.75 Å². The molecule has 0 spiro atoms. The highest BCUT2D eigenvalue weighted by Gasteiger charge is 2.21. The van der Waals surface area contributed by atoms with E-state index in [-0.39, 0.29) is 5.91 Å². The van der Waals surface area contributed by atoms with Crippen LogP contribution < -0.4 is 20.5 Å². The van der Waals surface area contributed by atoms with Gasteiger partial charge in [-0.3, -0.25) is 9.59 Å². The third-order valence-corrected chi connectivity index (χ3v) is 4.62. The number of amides is 1. The molecule has 0 atom stereocenters. The minimum absolute atomic E-state index is 0.186. The minimum Gasteiger partial charge on any atom is -0.494 e. The van der Waals surface area contributed by atoms with Gasteiger partial charge in [0.25, 0.3) is 5.91 Å². The first-order valence-electron chi connectivity index (χ1n) is 8.02. The van der Waals surface area contributed by atoms with Crippen LogP contribution in [0.3, 0.4) is 0 Å². The number of nitrogens with one attached hydrogen (secondary N) is 1. The number of ether oxygens (including phenoxy) is 2. The molecule has 0 saturated heterocycles. The van der Waals surface area contributed by atoms with Crippen LogP contribution in [0, 0.1) is 0 Å². The monoisotopic (exact) mass is 370 g/mol.